The van der Waals surface area contributed by atoms with Gasteiger partial charge in [0, 0.05) is 50.8 Å². The Balaban J connectivity index is 0.000000860. The van der Waals surface area contributed by atoms with Crippen molar-refractivity contribution < 1.29 is 43.4 Å². The summed E-state index contributed by atoms with van der Waals surface area (Å²) in [5.41, 5.74) is 0.505. The molecule has 1 fully saturated rings. The molecule has 2 aromatic rings. The number of rotatable bonds is 14. The summed E-state index contributed by atoms with van der Waals surface area (Å²) in [5, 5.41) is 16.6. The van der Waals surface area contributed by atoms with E-state index >= 15 is 0 Å². The third-order valence-corrected chi connectivity index (χ3v) is 6.97. The van der Waals surface area contributed by atoms with Crippen molar-refractivity contribution >= 4 is 37.2 Å². The number of carbonyl (C=O) groups is 4. The van der Waals surface area contributed by atoms with Gasteiger partial charge in [-0.25, -0.2) is 9.97 Å². The molecule has 2 amide bonds. The van der Waals surface area contributed by atoms with Gasteiger partial charge in [0.2, 0.25) is 5.91 Å². The number of esters is 1. The van der Waals surface area contributed by atoms with E-state index in [1.54, 1.807) is 31.2 Å². The number of anilines is 1. The Morgan fingerprint density at radius 2 is 1.75 bits per heavy atom. The van der Waals surface area contributed by atoms with Crippen molar-refractivity contribution in [3.63, 3.8) is 0 Å². The Morgan fingerprint density at radius 3 is 2.32 bits per heavy atom. The lowest BCUT2D eigenvalue weighted by atomic mass is 10.2. The lowest BCUT2D eigenvalue weighted by Gasteiger charge is -2.31. The van der Waals surface area contributed by atoms with Crippen LogP contribution in [0.2, 0.25) is 0 Å². The fraction of sp³-hybridized carbons (Fsp3) is 0.500. The summed E-state index contributed by atoms with van der Waals surface area (Å²) in [6, 6.07) is 8.78. The Bertz CT molecular complexity index is 1290. The van der Waals surface area contributed by atoms with Gasteiger partial charge in [-0.3, -0.25) is 23.7 Å². The first-order valence-corrected chi connectivity index (χ1v) is 16.1. The van der Waals surface area contributed by atoms with Crippen molar-refractivity contribution in [2.45, 2.75) is 45.6 Å². The Labute approximate surface area is 256 Å². The number of amides is 2. The molecule has 0 bridgehead atoms. The van der Waals surface area contributed by atoms with E-state index in [4.69, 9.17) is 9.84 Å². The van der Waals surface area contributed by atoms with Crippen LogP contribution in [0, 0.1) is 0 Å². The normalized spacial score (nSPS) is 13.6. The van der Waals surface area contributed by atoms with E-state index in [-0.39, 0.29) is 36.9 Å². The molecule has 1 saturated heterocycles. The quantitative estimate of drug-likeness (QED) is 0.128. The standard InChI is InChI=1S/C23H31N6O7P.C5H10O2/c1-2-36-20(30)8-9-25-19-14-17(26-21(28-19)16-6-4-3-5-7-16)22(31)27-18(15-37(33,34)35)23(32)29-12-10-24-11-13-29;1-2-3-4-5(6)7/h3-7,14,18,24H,2,8-13,15H2,1H3,(H,27,31)(H,25,26,28)(H2,33,34,35);2-4H2,1H3,(H,6,7). The molecule has 2 heterocycles. The van der Waals surface area contributed by atoms with Crippen LogP contribution >= 0.6 is 7.60 Å². The lowest BCUT2D eigenvalue weighted by Crippen LogP contribution is -2.55. The average Bonchev–Trinajstić information content (AvgIpc) is 3.00. The number of hydrogen-bond acceptors (Lipinski definition) is 10. The van der Waals surface area contributed by atoms with Crippen LogP contribution in [0.5, 0.6) is 0 Å². The maximum absolute atomic E-state index is 13.2. The van der Waals surface area contributed by atoms with E-state index in [1.807, 2.05) is 13.0 Å². The van der Waals surface area contributed by atoms with E-state index in [1.165, 1.54) is 11.0 Å². The lowest BCUT2D eigenvalue weighted by molar-refractivity contribution is -0.142. The Morgan fingerprint density at radius 1 is 1.07 bits per heavy atom. The third-order valence-electron chi connectivity index (χ3n) is 6.13. The van der Waals surface area contributed by atoms with Crippen LogP contribution in [-0.2, 0) is 23.7 Å². The fourth-order valence-corrected chi connectivity index (χ4v) is 4.71. The molecule has 0 saturated carbocycles. The SMILES string of the molecule is CCCCC(=O)O.CCOC(=O)CCNc1cc(C(=O)NC(CP(=O)(O)O)C(=O)N2CCNCC2)nc(-c2ccccc2)n1. The number of carboxylic acids is 1. The molecule has 1 aliphatic rings. The van der Waals surface area contributed by atoms with Gasteiger partial charge in [-0.15, -0.1) is 0 Å². The van der Waals surface area contributed by atoms with Crippen LogP contribution in [-0.4, -0.2) is 105 Å². The zero-order chi connectivity index (χ0) is 32.5. The number of ether oxygens (including phenoxy) is 1. The predicted octanol–water partition coefficient (Wildman–Crippen LogP) is 1.48. The molecule has 16 heteroatoms. The first-order chi connectivity index (χ1) is 20.9. The molecule has 0 radical (unpaired) electrons. The fourth-order valence-electron chi connectivity index (χ4n) is 3.99. The topological polar surface area (TPSA) is 220 Å². The van der Waals surface area contributed by atoms with Crippen LogP contribution in [0.15, 0.2) is 36.4 Å². The first-order valence-electron chi connectivity index (χ1n) is 14.3. The highest BCUT2D eigenvalue weighted by atomic mass is 31.2. The minimum Gasteiger partial charge on any atom is -0.481 e. The molecule has 0 aliphatic carbocycles. The molecule has 44 heavy (non-hydrogen) atoms. The van der Waals surface area contributed by atoms with Gasteiger partial charge in [0.25, 0.3) is 5.91 Å². The number of nitrogens with one attached hydrogen (secondary N) is 3. The largest absolute Gasteiger partial charge is 0.481 e. The molecule has 15 nitrogen and oxygen atoms in total. The summed E-state index contributed by atoms with van der Waals surface area (Å²) in [5.74, 6) is -1.99. The number of hydrogen-bond donors (Lipinski definition) is 6. The molecule has 3 rings (SSSR count). The molecule has 242 valence electrons. The number of piperazine rings is 1. The van der Waals surface area contributed by atoms with E-state index < -0.39 is 43.6 Å². The van der Waals surface area contributed by atoms with Crippen LogP contribution in [0.25, 0.3) is 11.4 Å². The van der Waals surface area contributed by atoms with Crippen molar-refractivity contribution in [2.75, 3.05) is 50.8 Å². The third kappa shape index (κ3) is 13.6. The van der Waals surface area contributed by atoms with Crippen LogP contribution in [0.4, 0.5) is 5.82 Å². The molecule has 0 spiro atoms. The van der Waals surface area contributed by atoms with Crippen LogP contribution in [0.1, 0.15) is 50.0 Å². The second-order valence-electron chi connectivity index (χ2n) is 9.76. The maximum Gasteiger partial charge on any atom is 0.328 e. The predicted molar refractivity (Wildman–Crippen MR) is 162 cm³/mol. The second-order valence-corrected chi connectivity index (χ2v) is 11.5. The summed E-state index contributed by atoms with van der Waals surface area (Å²) in [6.07, 6.45) is 1.31. The number of carbonyl (C=O) groups excluding carboxylic acids is 3. The van der Waals surface area contributed by atoms with Gasteiger partial charge in [-0.05, 0) is 13.3 Å². The van der Waals surface area contributed by atoms with Gasteiger partial charge in [-0.1, -0.05) is 43.7 Å². The van der Waals surface area contributed by atoms with Crippen LogP contribution < -0.4 is 16.0 Å². The van der Waals surface area contributed by atoms with Gasteiger partial charge in [0.15, 0.2) is 5.82 Å². The summed E-state index contributed by atoms with van der Waals surface area (Å²) in [4.78, 5) is 76.9. The Hall–Kier alpha value is -3.91. The van der Waals surface area contributed by atoms with Gasteiger partial charge >= 0.3 is 19.5 Å². The average molecular weight is 637 g/mol. The molecule has 1 aromatic heterocycles. The van der Waals surface area contributed by atoms with E-state index in [0.29, 0.717) is 38.2 Å². The smallest absolute Gasteiger partial charge is 0.328 e. The molecule has 6 N–H and O–H groups in total. The van der Waals surface area contributed by atoms with E-state index in [9.17, 15) is 33.5 Å². The maximum atomic E-state index is 13.2. The number of aliphatic carboxylic acids is 1. The monoisotopic (exact) mass is 636 g/mol. The highest BCUT2D eigenvalue weighted by Gasteiger charge is 2.33. The van der Waals surface area contributed by atoms with Crippen molar-refractivity contribution in [3.8, 4) is 11.4 Å². The van der Waals surface area contributed by atoms with Crippen molar-refractivity contribution in [2.24, 2.45) is 0 Å². The minimum absolute atomic E-state index is 0.0730. The second kappa shape index (κ2) is 18.7. The number of carboxylic acid groups (broad SMARTS) is 1. The summed E-state index contributed by atoms with van der Waals surface area (Å²) in [7, 11) is -4.64. The van der Waals surface area contributed by atoms with Gasteiger partial charge in [-0.2, -0.15) is 0 Å². The highest BCUT2D eigenvalue weighted by molar-refractivity contribution is 7.51. The van der Waals surface area contributed by atoms with Crippen molar-refractivity contribution in [1.82, 2.24) is 25.5 Å². The summed E-state index contributed by atoms with van der Waals surface area (Å²) >= 11 is 0. The zero-order valence-corrected chi connectivity index (χ0v) is 25.8. The molecule has 1 aromatic carbocycles. The molecular formula is C28H41N6O9P. The summed E-state index contributed by atoms with van der Waals surface area (Å²) in [6.45, 7) is 5.91. The number of aromatic nitrogens is 2. The van der Waals surface area contributed by atoms with Gasteiger partial charge in [0.1, 0.15) is 17.6 Å². The van der Waals surface area contributed by atoms with Gasteiger partial charge < -0.3 is 40.5 Å². The Kier molecular flexibility index (Phi) is 15.4. The van der Waals surface area contributed by atoms with E-state index in [0.717, 1.165) is 12.8 Å². The first kappa shape index (κ1) is 36.3. The van der Waals surface area contributed by atoms with Gasteiger partial charge in [0.05, 0.1) is 19.2 Å². The summed E-state index contributed by atoms with van der Waals surface area (Å²) < 4.78 is 16.7. The number of nitrogens with zero attached hydrogens (tertiary/aromatic N) is 3. The van der Waals surface area contributed by atoms with Crippen molar-refractivity contribution in [3.05, 3.63) is 42.1 Å². The van der Waals surface area contributed by atoms with E-state index in [2.05, 4.69) is 25.9 Å². The minimum atomic E-state index is -4.64. The number of unbranched alkanes of at least 4 members (excludes halogenated alkanes) is 1. The van der Waals surface area contributed by atoms with Crippen LogP contribution in [0.3, 0.4) is 0 Å². The molecule has 1 unspecified atom stereocenters. The number of benzene rings is 1. The zero-order valence-electron chi connectivity index (χ0n) is 24.9. The molecule has 1 atom stereocenters. The molecular weight excluding hydrogens is 595 g/mol. The molecule has 1 aliphatic heterocycles. The highest BCUT2D eigenvalue weighted by Crippen LogP contribution is 2.35. The van der Waals surface area contributed by atoms with Crippen molar-refractivity contribution in [1.29, 1.82) is 0 Å².